The predicted octanol–water partition coefficient (Wildman–Crippen LogP) is 4.02. The van der Waals surface area contributed by atoms with Gasteiger partial charge >= 0.3 is 6.03 Å². The number of benzene rings is 2. The molecule has 0 bridgehead atoms. The van der Waals surface area contributed by atoms with Gasteiger partial charge in [-0.2, -0.15) is 0 Å². The number of oxazole rings is 1. The number of aryl methyl sites for hydroxylation is 1. The van der Waals surface area contributed by atoms with Gasteiger partial charge in [0, 0.05) is 5.56 Å². The summed E-state index contributed by atoms with van der Waals surface area (Å²) in [6, 6.07) is 17.1. The van der Waals surface area contributed by atoms with Crippen LogP contribution in [-0.4, -0.2) is 21.8 Å². The number of urea groups is 1. The lowest BCUT2D eigenvalue weighted by molar-refractivity contribution is -0.132. The number of nitrogens with one attached hydrogen (secondary N) is 1. The first-order valence-electron chi connectivity index (χ1n) is 9.90. The van der Waals surface area contributed by atoms with E-state index in [1.807, 2.05) is 54.6 Å². The highest BCUT2D eigenvalue weighted by molar-refractivity contribution is 6.07. The van der Waals surface area contributed by atoms with Gasteiger partial charge in [-0.05, 0) is 36.8 Å². The molecule has 29 heavy (non-hydrogen) atoms. The van der Waals surface area contributed by atoms with Crippen molar-refractivity contribution in [3.05, 3.63) is 77.8 Å². The van der Waals surface area contributed by atoms with E-state index in [4.69, 9.17) is 4.42 Å². The van der Waals surface area contributed by atoms with E-state index in [2.05, 4.69) is 10.3 Å². The smallest absolute Gasteiger partial charge is 0.325 e. The summed E-state index contributed by atoms with van der Waals surface area (Å²) in [5.41, 5.74) is 1.95. The molecule has 6 nitrogen and oxygen atoms in total. The Hall–Kier alpha value is -3.41. The van der Waals surface area contributed by atoms with Crippen LogP contribution in [0, 0.1) is 0 Å². The highest BCUT2D eigenvalue weighted by Gasteiger charge is 2.53. The third-order valence-electron chi connectivity index (χ3n) is 5.81. The molecule has 2 aromatic carbocycles. The zero-order valence-corrected chi connectivity index (χ0v) is 15.9. The van der Waals surface area contributed by atoms with E-state index < -0.39 is 11.6 Å². The summed E-state index contributed by atoms with van der Waals surface area (Å²) in [6.45, 7) is 0.0153. The predicted molar refractivity (Wildman–Crippen MR) is 107 cm³/mol. The van der Waals surface area contributed by atoms with Crippen LogP contribution in [0.5, 0.6) is 0 Å². The zero-order valence-electron chi connectivity index (χ0n) is 15.9. The van der Waals surface area contributed by atoms with Crippen LogP contribution in [0.2, 0.25) is 0 Å². The molecule has 6 heteroatoms. The van der Waals surface area contributed by atoms with Gasteiger partial charge in [-0.15, -0.1) is 0 Å². The van der Waals surface area contributed by atoms with Crippen molar-refractivity contribution < 1.29 is 14.0 Å². The van der Waals surface area contributed by atoms with Gasteiger partial charge in [-0.3, -0.25) is 9.69 Å². The largest absolute Gasteiger partial charge is 0.439 e. The van der Waals surface area contributed by atoms with Crippen molar-refractivity contribution in [1.82, 2.24) is 15.2 Å². The first-order chi connectivity index (χ1) is 14.2. The first kappa shape index (κ1) is 17.7. The van der Waals surface area contributed by atoms with Gasteiger partial charge < -0.3 is 9.73 Å². The Morgan fingerprint density at radius 1 is 1.03 bits per heavy atom. The molecule has 2 aliphatic rings. The average molecular weight is 387 g/mol. The zero-order chi connectivity index (χ0) is 19.8. The molecule has 2 heterocycles. The van der Waals surface area contributed by atoms with Gasteiger partial charge in [0.1, 0.15) is 12.1 Å². The molecule has 3 amide bonds. The number of hydrogen-bond donors (Lipinski definition) is 1. The minimum atomic E-state index is -0.987. The van der Waals surface area contributed by atoms with Gasteiger partial charge in [-0.1, -0.05) is 54.6 Å². The SMILES string of the molecule is O=C1N[C@@]2(CCCCc3ccccc32)C(=O)N1Cc1ncc(-c2ccccc2)o1. The summed E-state index contributed by atoms with van der Waals surface area (Å²) in [7, 11) is 0. The number of nitrogens with zero attached hydrogens (tertiary/aromatic N) is 2. The molecule has 5 rings (SSSR count). The molecular weight excluding hydrogens is 366 g/mol. The van der Waals surface area contributed by atoms with Gasteiger partial charge in [-0.25, -0.2) is 9.78 Å². The number of fused-ring (bicyclic) bond motifs is 2. The van der Waals surface area contributed by atoms with Crippen LogP contribution in [-0.2, 0) is 23.3 Å². The highest BCUT2D eigenvalue weighted by Crippen LogP contribution is 2.39. The quantitative estimate of drug-likeness (QED) is 0.689. The maximum atomic E-state index is 13.5. The van der Waals surface area contributed by atoms with E-state index in [-0.39, 0.29) is 12.5 Å². The van der Waals surface area contributed by atoms with Crippen LogP contribution in [0.1, 0.15) is 36.3 Å². The molecule has 0 unspecified atom stereocenters. The lowest BCUT2D eigenvalue weighted by atomic mass is 9.84. The lowest BCUT2D eigenvalue weighted by Gasteiger charge is -2.27. The molecule has 3 aromatic rings. The molecule has 1 aromatic heterocycles. The minimum absolute atomic E-state index is 0.0153. The number of imide groups is 1. The van der Waals surface area contributed by atoms with E-state index in [1.54, 1.807) is 6.20 Å². The van der Waals surface area contributed by atoms with Crippen LogP contribution >= 0.6 is 0 Å². The third-order valence-corrected chi connectivity index (χ3v) is 5.81. The Morgan fingerprint density at radius 2 is 1.83 bits per heavy atom. The fraction of sp³-hybridized carbons (Fsp3) is 0.261. The van der Waals surface area contributed by atoms with Crippen LogP contribution < -0.4 is 5.32 Å². The number of rotatable bonds is 3. The summed E-state index contributed by atoms with van der Waals surface area (Å²) >= 11 is 0. The van der Waals surface area contributed by atoms with Crippen molar-refractivity contribution in [3.8, 4) is 11.3 Å². The monoisotopic (exact) mass is 387 g/mol. The van der Waals surface area contributed by atoms with Crippen LogP contribution in [0.25, 0.3) is 11.3 Å². The Morgan fingerprint density at radius 3 is 2.69 bits per heavy atom. The molecule has 1 N–H and O–H groups in total. The third kappa shape index (κ3) is 2.92. The van der Waals surface area contributed by atoms with Crippen molar-refractivity contribution in [3.63, 3.8) is 0 Å². The number of carbonyl (C=O) groups excluding carboxylic acids is 2. The van der Waals surface area contributed by atoms with Gasteiger partial charge in [0.2, 0.25) is 5.89 Å². The molecule has 0 radical (unpaired) electrons. The maximum absolute atomic E-state index is 13.5. The molecule has 1 spiro atoms. The van der Waals surface area contributed by atoms with Crippen molar-refractivity contribution in [2.45, 2.75) is 37.8 Å². The van der Waals surface area contributed by atoms with E-state index >= 15 is 0 Å². The number of aromatic nitrogens is 1. The second kappa shape index (κ2) is 6.88. The van der Waals surface area contributed by atoms with Crippen molar-refractivity contribution in [1.29, 1.82) is 0 Å². The normalized spacial score (nSPS) is 21.2. The number of carbonyl (C=O) groups is 2. The summed E-state index contributed by atoms with van der Waals surface area (Å²) in [4.78, 5) is 31.8. The fourth-order valence-electron chi connectivity index (χ4n) is 4.37. The van der Waals surface area contributed by atoms with E-state index in [0.717, 1.165) is 36.0 Å². The van der Waals surface area contributed by atoms with Crippen LogP contribution in [0.3, 0.4) is 0 Å². The summed E-state index contributed by atoms with van der Waals surface area (Å²) in [5, 5.41) is 2.99. The molecule has 1 aliphatic heterocycles. The highest BCUT2D eigenvalue weighted by atomic mass is 16.4. The van der Waals surface area contributed by atoms with Crippen LogP contribution in [0.15, 0.2) is 65.2 Å². The second-order valence-electron chi connectivity index (χ2n) is 7.58. The van der Waals surface area contributed by atoms with Gasteiger partial charge in [0.15, 0.2) is 5.76 Å². The van der Waals surface area contributed by atoms with E-state index in [0.29, 0.717) is 18.1 Å². The van der Waals surface area contributed by atoms with Crippen molar-refractivity contribution in [2.24, 2.45) is 0 Å². The lowest BCUT2D eigenvalue weighted by Crippen LogP contribution is -2.44. The minimum Gasteiger partial charge on any atom is -0.439 e. The Bertz CT molecular complexity index is 1080. The average Bonchev–Trinajstić information content (AvgIpc) is 3.25. The standard InChI is InChI=1S/C23H21N3O3/c27-21-23(13-7-6-9-16-8-4-5-12-18(16)23)25-22(28)26(21)15-20-24-14-19(29-20)17-10-2-1-3-11-17/h1-5,8,10-12,14H,6-7,9,13,15H2,(H,25,28)/t23-/m1/s1. The van der Waals surface area contributed by atoms with Gasteiger partial charge in [0.05, 0.1) is 6.20 Å². The molecule has 1 atom stereocenters. The van der Waals surface area contributed by atoms with Crippen molar-refractivity contribution >= 4 is 11.9 Å². The molecule has 146 valence electrons. The van der Waals surface area contributed by atoms with Crippen molar-refractivity contribution in [2.75, 3.05) is 0 Å². The molecular formula is C23H21N3O3. The molecule has 1 fully saturated rings. The fourth-order valence-corrected chi connectivity index (χ4v) is 4.37. The molecule has 1 saturated heterocycles. The summed E-state index contributed by atoms with van der Waals surface area (Å²) < 4.78 is 5.81. The Labute approximate surface area is 168 Å². The number of amides is 3. The van der Waals surface area contributed by atoms with Crippen LogP contribution in [0.4, 0.5) is 4.79 Å². The summed E-state index contributed by atoms with van der Waals surface area (Å²) in [5.74, 6) is 0.727. The Balaban J connectivity index is 1.44. The van der Waals surface area contributed by atoms with Gasteiger partial charge in [0.25, 0.3) is 5.91 Å². The topological polar surface area (TPSA) is 75.4 Å². The summed E-state index contributed by atoms with van der Waals surface area (Å²) in [6.07, 6.45) is 5.03. The Kier molecular flexibility index (Phi) is 4.19. The maximum Gasteiger partial charge on any atom is 0.325 e. The first-order valence-corrected chi connectivity index (χ1v) is 9.90. The number of hydrogen-bond acceptors (Lipinski definition) is 4. The van der Waals surface area contributed by atoms with E-state index in [1.165, 1.54) is 4.90 Å². The second-order valence-corrected chi connectivity index (χ2v) is 7.58. The molecule has 0 saturated carbocycles. The molecule has 1 aliphatic carbocycles. The van der Waals surface area contributed by atoms with E-state index in [9.17, 15) is 9.59 Å².